The summed E-state index contributed by atoms with van der Waals surface area (Å²) in [7, 11) is 0. The summed E-state index contributed by atoms with van der Waals surface area (Å²) in [5.74, 6) is 0. The average Bonchev–Trinajstić information content (AvgIpc) is 2.26. The first-order valence-electron chi connectivity index (χ1n) is 5.09. The van der Waals surface area contributed by atoms with Gasteiger partial charge in [-0.1, -0.05) is 57.0 Å². The van der Waals surface area contributed by atoms with Gasteiger partial charge in [-0.2, -0.15) is 0 Å². The van der Waals surface area contributed by atoms with Crippen molar-refractivity contribution in [2.45, 2.75) is 25.9 Å². The molecule has 0 spiro atoms. The molecule has 3 heteroatoms. The Bertz CT molecular complexity index is 314. The third-order valence-corrected chi connectivity index (χ3v) is 4.08. The highest BCUT2D eigenvalue weighted by atomic mass is 79.9. The Morgan fingerprint density at radius 3 is 2.53 bits per heavy atom. The van der Waals surface area contributed by atoms with Crippen molar-refractivity contribution in [1.82, 2.24) is 0 Å². The maximum Gasteiger partial charge on any atom is 0.101 e. The van der Waals surface area contributed by atoms with Gasteiger partial charge in [0.1, 0.15) is 5.60 Å². The number of benzene rings is 1. The second kappa shape index (κ2) is 6.02. The molecule has 1 atom stereocenters. The van der Waals surface area contributed by atoms with Crippen molar-refractivity contribution in [2.24, 2.45) is 0 Å². The van der Waals surface area contributed by atoms with Crippen molar-refractivity contribution in [1.29, 1.82) is 0 Å². The van der Waals surface area contributed by atoms with E-state index < -0.39 is 0 Å². The van der Waals surface area contributed by atoms with E-state index in [-0.39, 0.29) is 5.60 Å². The lowest BCUT2D eigenvalue weighted by Gasteiger charge is -2.29. The quantitative estimate of drug-likeness (QED) is 0.720. The van der Waals surface area contributed by atoms with Gasteiger partial charge in [-0.3, -0.25) is 0 Å². The van der Waals surface area contributed by atoms with E-state index in [9.17, 15) is 0 Å². The second-order valence-electron chi connectivity index (χ2n) is 3.69. The summed E-state index contributed by atoms with van der Waals surface area (Å²) < 4.78 is 7.02. The molecular formula is C12H16Br2O. The van der Waals surface area contributed by atoms with Gasteiger partial charge in [-0.05, 0) is 25.0 Å². The molecule has 1 nitrogen and oxygen atoms in total. The predicted molar refractivity (Wildman–Crippen MR) is 71.5 cm³/mol. The van der Waals surface area contributed by atoms with E-state index in [1.807, 2.05) is 18.2 Å². The largest absolute Gasteiger partial charge is 0.370 e. The van der Waals surface area contributed by atoms with Crippen molar-refractivity contribution >= 4 is 31.9 Å². The molecular weight excluding hydrogens is 320 g/mol. The molecule has 0 saturated carbocycles. The maximum absolute atomic E-state index is 5.92. The molecule has 1 rings (SSSR count). The number of ether oxygens (including phenoxy) is 1. The zero-order valence-corrected chi connectivity index (χ0v) is 12.3. The summed E-state index contributed by atoms with van der Waals surface area (Å²) in [6, 6.07) is 8.20. The molecule has 0 aliphatic heterocycles. The van der Waals surface area contributed by atoms with Gasteiger partial charge >= 0.3 is 0 Å². The van der Waals surface area contributed by atoms with Crippen LogP contribution in [0.4, 0.5) is 0 Å². The minimum absolute atomic E-state index is 0.254. The Kier molecular flexibility index (Phi) is 5.30. The summed E-state index contributed by atoms with van der Waals surface area (Å²) in [5.41, 5.74) is 0.936. The first-order chi connectivity index (χ1) is 7.14. The van der Waals surface area contributed by atoms with Crippen LogP contribution in [0, 0.1) is 0 Å². The van der Waals surface area contributed by atoms with Gasteiger partial charge in [-0.15, -0.1) is 0 Å². The fourth-order valence-electron chi connectivity index (χ4n) is 1.41. The molecule has 0 fully saturated rings. The van der Waals surface area contributed by atoms with Gasteiger partial charge in [0.2, 0.25) is 0 Å². The summed E-state index contributed by atoms with van der Waals surface area (Å²) >= 11 is 7.09. The molecule has 15 heavy (non-hydrogen) atoms. The van der Waals surface area contributed by atoms with Gasteiger partial charge < -0.3 is 4.74 Å². The highest BCUT2D eigenvalue weighted by Gasteiger charge is 2.27. The number of hydrogen-bond donors (Lipinski definition) is 0. The Balaban J connectivity index is 2.95. The molecule has 0 amide bonds. The summed E-state index contributed by atoms with van der Waals surface area (Å²) in [6.07, 6.45) is 1.03. The smallest absolute Gasteiger partial charge is 0.101 e. The molecule has 1 aromatic carbocycles. The Morgan fingerprint density at radius 2 is 2.00 bits per heavy atom. The van der Waals surface area contributed by atoms with Gasteiger partial charge in [0.05, 0.1) is 0 Å². The van der Waals surface area contributed by atoms with Crippen molar-refractivity contribution in [3.05, 3.63) is 34.3 Å². The molecule has 84 valence electrons. The van der Waals surface area contributed by atoms with Crippen LogP contribution < -0.4 is 0 Å². The van der Waals surface area contributed by atoms with E-state index in [1.165, 1.54) is 5.56 Å². The van der Waals surface area contributed by atoms with Crippen LogP contribution in [0.5, 0.6) is 0 Å². The van der Waals surface area contributed by atoms with Gasteiger partial charge in [0.25, 0.3) is 0 Å². The van der Waals surface area contributed by atoms with Crippen molar-refractivity contribution < 1.29 is 4.74 Å². The number of alkyl halides is 1. The van der Waals surface area contributed by atoms with Crippen molar-refractivity contribution in [2.75, 3.05) is 11.9 Å². The average molecular weight is 336 g/mol. The molecule has 0 N–H and O–H groups in total. The minimum Gasteiger partial charge on any atom is -0.370 e. The van der Waals surface area contributed by atoms with Gasteiger partial charge in [0, 0.05) is 16.4 Å². The summed E-state index contributed by atoms with van der Waals surface area (Å²) in [5, 5.41) is 0.794. The van der Waals surface area contributed by atoms with E-state index in [2.05, 4.69) is 51.8 Å². The highest BCUT2D eigenvalue weighted by Crippen LogP contribution is 2.33. The van der Waals surface area contributed by atoms with Crippen LogP contribution in [0.25, 0.3) is 0 Å². The number of rotatable bonds is 5. The Morgan fingerprint density at radius 1 is 1.33 bits per heavy atom. The van der Waals surface area contributed by atoms with Crippen molar-refractivity contribution in [3.8, 4) is 0 Å². The Hall–Kier alpha value is 0.140. The summed E-state index contributed by atoms with van der Waals surface area (Å²) in [6.45, 7) is 5.01. The zero-order chi connectivity index (χ0) is 11.3. The fourth-order valence-corrected chi connectivity index (χ4v) is 2.57. The molecule has 0 heterocycles. The van der Waals surface area contributed by atoms with Gasteiger partial charge in [-0.25, -0.2) is 0 Å². The SMILES string of the molecule is CCCOC(C)(CBr)c1ccccc1Br. The monoisotopic (exact) mass is 334 g/mol. The molecule has 1 aromatic rings. The Labute approximate surface area is 108 Å². The molecule has 0 aliphatic rings. The molecule has 1 unspecified atom stereocenters. The van der Waals surface area contributed by atoms with Crippen LogP contribution >= 0.6 is 31.9 Å². The van der Waals surface area contributed by atoms with Gasteiger partial charge in [0.15, 0.2) is 0 Å². The predicted octanol–water partition coefficient (Wildman–Crippen LogP) is 4.49. The maximum atomic E-state index is 5.92. The molecule has 0 aromatic heterocycles. The van der Waals surface area contributed by atoms with E-state index >= 15 is 0 Å². The lowest BCUT2D eigenvalue weighted by molar-refractivity contribution is -0.0168. The van der Waals surface area contributed by atoms with E-state index in [1.54, 1.807) is 0 Å². The van der Waals surface area contributed by atoms with Crippen LogP contribution in [0.2, 0.25) is 0 Å². The van der Waals surface area contributed by atoms with E-state index in [0.29, 0.717) is 0 Å². The third kappa shape index (κ3) is 3.30. The molecule has 0 bridgehead atoms. The standard InChI is InChI=1S/C12H16Br2O/c1-3-8-15-12(2,9-13)10-6-4-5-7-11(10)14/h4-7H,3,8-9H2,1-2H3. The minimum atomic E-state index is -0.254. The van der Waals surface area contributed by atoms with Crippen LogP contribution in [-0.4, -0.2) is 11.9 Å². The van der Waals surface area contributed by atoms with Crippen LogP contribution in [0.15, 0.2) is 28.7 Å². The third-order valence-electron chi connectivity index (χ3n) is 2.32. The van der Waals surface area contributed by atoms with Crippen LogP contribution in [-0.2, 0) is 10.3 Å². The molecule has 0 aliphatic carbocycles. The topological polar surface area (TPSA) is 9.23 Å². The lowest BCUT2D eigenvalue weighted by atomic mass is 9.98. The first kappa shape index (κ1) is 13.2. The fraction of sp³-hybridized carbons (Fsp3) is 0.500. The summed E-state index contributed by atoms with van der Waals surface area (Å²) in [4.78, 5) is 0. The first-order valence-corrected chi connectivity index (χ1v) is 7.00. The van der Waals surface area contributed by atoms with Crippen LogP contribution in [0.3, 0.4) is 0 Å². The normalized spacial score (nSPS) is 14.9. The molecule has 0 radical (unpaired) electrons. The number of halogens is 2. The zero-order valence-electron chi connectivity index (χ0n) is 9.09. The van der Waals surface area contributed by atoms with E-state index in [4.69, 9.17) is 4.74 Å². The lowest BCUT2D eigenvalue weighted by Crippen LogP contribution is -2.28. The van der Waals surface area contributed by atoms with Crippen molar-refractivity contribution in [3.63, 3.8) is 0 Å². The highest BCUT2D eigenvalue weighted by molar-refractivity contribution is 9.10. The second-order valence-corrected chi connectivity index (χ2v) is 5.11. The van der Waals surface area contributed by atoms with Crippen LogP contribution in [0.1, 0.15) is 25.8 Å². The molecule has 0 saturated heterocycles. The van der Waals surface area contributed by atoms with E-state index in [0.717, 1.165) is 22.8 Å². The number of hydrogen-bond acceptors (Lipinski definition) is 1.